The van der Waals surface area contributed by atoms with Gasteiger partial charge < -0.3 is 0 Å². The predicted octanol–water partition coefficient (Wildman–Crippen LogP) is 2.58. The number of alkyl halides is 3. The van der Waals surface area contributed by atoms with E-state index in [-0.39, 0.29) is 6.54 Å². The van der Waals surface area contributed by atoms with Gasteiger partial charge in [0.15, 0.2) is 0 Å². The average molecular weight is 271 g/mol. The Morgan fingerprint density at radius 2 is 1.53 bits per heavy atom. The second kappa shape index (κ2) is 5.68. The normalized spacial score (nSPS) is 14.9. The number of hydrogen-bond donors (Lipinski definition) is 1. The highest BCUT2D eigenvalue weighted by atomic mass is 32.2. The molecule has 0 aliphatic heterocycles. The molecule has 0 rings (SSSR count). The molecule has 0 aromatic rings. The second-order valence-corrected chi connectivity index (χ2v) is 5.53. The summed E-state index contributed by atoms with van der Waals surface area (Å²) in [6, 6.07) is 0. The molecule has 0 unspecified atom stereocenters. The molecule has 0 saturated carbocycles. The lowest BCUT2D eigenvalue weighted by atomic mass is 9.90. The molecule has 17 heavy (non-hydrogen) atoms. The van der Waals surface area contributed by atoms with Gasteiger partial charge in [-0.15, -0.1) is 0 Å². The third kappa shape index (κ3) is 4.91. The van der Waals surface area contributed by atoms with Crippen molar-refractivity contribution in [2.24, 2.45) is 5.41 Å². The van der Waals surface area contributed by atoms with Gasteiger partial charge >= 0.3 is 15.5 Å². The number of halogens is 3. The van der Waals surface area contributed by atoms with E-state index in [1.165, 1.54) is 0 Å². The first kappa shape index (κ1) is 16.2. The molecule has 0 aliphatic rings. The maximum atomic E-state index is 12.1. The fourth-order valence-electron chi connectivity index (χ4n) is 1.27. The van der Waals surface area contributed by atoms with E-state index in [2.05, 4.69) is 0 Å². The molecule has 0 radical (unpaired) electrons. The first-order valence-corrected chi connectivity index (χ1v) is 6.40. The standard InChI is InChI=1S/C10H16F3NO2S/c1-4-6-9(3,7-5-2)8-14-17(15,16)10(11,12)13/h4-7,14H,8H2,1-3H3/b6-4-,7-5-. The number of rotatable bonds is 5. The van der Waals surface area contributed by atoms with Gasteiger partial charge in [-0.1, -0.05) is 31.2 Å². The van der Waals surface area contributed by atoms with Gasteiger partial charge in [0.25, 0.3) is 0 Å². The third-order valence-corrected chi connectivity index (χ3v) is 3.18. The Morgan fingerprint density at radius 3 is 1.82 bits per heavy atom. The van der Waals surface area contributed by atoms with Gasteiger partial charge in [0.05, 0.1) is 0 Å². The van der Waals surface area contributed by atoms with Crippen LogP contribution in [-0.4, -0.2) is 20.5 Å². The van der Waals surface area contributed by atoms with Gasteiger partial charge in [-0.2, -0.15) is 13.2 Å². The van der Waals surface area contributed by atoms with Crippen molar-refractivity contribution in [2.75, 3.05) is 6.54 Å². The van der Waals surface area contributed by atoms with Crippen molar-refractivity contribution in [1.82, 2.24) is 4.72 Å². The van der Waals surface area contributed by atoms with Crippen LogP contribution in [-0.2, 0) is 10.0 Å². The minimum absolute atomic E-state index is 0.344. The zero-order chi connectivity index (χ0) is 13.7. The summed E-state index contributed by atoms with van der Waals surface area (Å²) in [5.74, 6) is 0. The average Bonchev–Trinajstić information content (AvgIpc) is 2.14. The van der Waals surface area contributed by atoms with Gasteiger partial charge in [0, 0.05) is 12.0 Å². The summed E-state index contributed by atoms with van der Waals surface area (Å²) < 4.78 is 59.5. The highest BCUT2D eigenvalue weighted by molar-refractivity contribution is 7.90. The molecular formula is C10H16F3NO2S. The molecule has 0 spiro atoms. The molecule has 7 heteroatoms. The summed E-state index contributed by atoms with van der Waals surface area (Å²) in [7, 11) is -5.29. The van der Waals surface area contributed by atoms with Crippen LogP contribution < -0.4 is 4.72 Å². The lowest BCUT2D eigenvalue weighted by Crippen LogP contribution is -2.41. The maximum Gasteiger partial charge on any atom is 0.511 e. The van der Waals surface area contributed by atoms with Crippen molar-refractivity contribution >= 4 is 10.0 Å². The summed E-state index contributed by atoms with van der Waals surface area (Å²) in [5.41, 5.74) is -6.05. The monoisotopic (exact) mass is 271 g/mol. The van der Waals surface area contributed by atoms with E-state index in [0.29, 0.717) is 0 Å². The molecule has 0 aromatic carbocycles. The van der Waals surface area contributed by atoms with E-state index >= 15 is 0 Å². The highest BCUT2D eigenvalue weighted by Gasteiger charge is 2.46. The number of nitrogens with one attached hydrogen (secondary N) is 1. The Kier molecular flexibility index (Phi) is 5.41. The Hall–Kier alpha value is -0.820. The van der Waals surface area contributed by atoms with Crippen LogP contribution in [0.2, 0.25) is 0 Å². The van der Waals surface area contributed by atoms with Crippen LogP contribution in [0.25, 0.3) is 0 Å². The van der Waals surface area contributed by atoms with Crippen molar-refractivity contribution in [1.29, 1.82) is 0 Å². The highest BCUT2D eigenvalue weighted by Crippen LogP contribution is 2.24. The van der Waals surface area contributed by atoms with Gasteiger partial charge in [-0.3, -0.25) is 0 Å². The minimum atomic E-state index is -5.29. The van der Waals surface area contributed by atoms with Crippen molar-refractivity contribution in [2.45, 2.75) is 26.3 Å². The van der Waals surface area contributed by atoms with Crippen molar-refractivity contribution in [3.8, 4) is 0 Å². The summed E-state index contributed by atoms with van der Waals surface area (Å²) in [6.07, 6.45) is 6.57. The van der Waals surface area contributed by atoms with E-state index < -0.39 is 20.9 Å². The van der Waals surface area contributed by atoms with Crippen LogP contribution in [0.5, 0.6) is 0 Å². The molecule has 100 valence electrons. The maximum absolute atomic E-state index is 12.1. The predicted molar refractivity (Wildman–Crippen MR) is 60.7 cm³/mol. The van der Waals surface area contributed by atoms with E-state index in [1.54, 1.807) is 49.8 Å². The molecule has 0 bridgehead atoms. The Labute approximate surface area is 99.5 Å². The molecule has 0 heterocycles. The van der Waals surface area contributed by atoms with Gasteiger partial charge in [-0.25, -0.2) is 13.1 Å². The van der Waals surface area contributed by atoms with Crippen molar-refractivity contribution in [3.63, 3.8) is 0 Å². The Morgan fingerprint density at radius 1 is 1.12 bits per heavy atom. The molecule has 0 amide bonds. The van der Waals surface area contributed by atoms with E-state index in [4.69, 9.17) is 0 Å². The SMILES string of the molecule is C/C=C\C(C)(/C=C\C)CNS(=O)(=O)C(F)(F)F. The smallest absolute Gasteiger partial charge is 0.206 e. The zero-order valence-corrected chi connectivity index (χ0v) is 10.7. The fraction of sp³-hybridized carbons (Fsp3) is 0.600. The number of sulfonamides is 1. The fourth-order valence-corrected chi connectivity index (χ4v) is 1.93. The summed E-state index contributed by atoms with van der Waals surface area (Å²) in [4.78, 5) is 0. The molecule has 3 nitrogen and oxygen atoms in total. The number of hydrogen-bond acceptors (Lipinski definition) is 2. The Balaban J connectivity index is 4.87. The van der Waals surface area contributed by atoms with Gasteiger partial charge in [0.1, 0.15) is 0 Å². The van der Waals surface area contributed by atoms with Crippen LogP contribution in [0.15, 0.2) is 24.3 Å². The lowest BCUT2D eigenvalue weighted by molar-refractivity contribution is -0.0448. The lowest BCUT2D eigenvalue weighted by Gasteiger charge is -2.22. The molecule has 0 saturated heterocycles. The van der Waals surface area contributed by atoms with Gasteiger partial charge in [-0.05, 0) is 13.8 Å². The minimum Gasteiger partial charge on any atom is -0.206 e. The van der Waals surface area contributed by atoms with Crippen LogP contribution in [0.4, 0.5) is 13.2 Å². The van der Waals surface area contributed by atoms with E-state index in [1.807, 2.05) is 0 Å². The Bertz CT molecular complexity index is 384. The van der Waals surface area contributed by atoms with Crippen LogP contribution >= 0.6 is 0 Å². The van der Waals surface area contributed by atoms with Crippen molar-refractivity contribution < 1.29 is 21.6 Å². The molecule has 0 aromatic heterocycles. The first-order valence-electron chi connectivity index (χ1n) is 4.91. The van der Waals surface area contributed by atoms with E-state index in [0.717, 1.165) is 0 Å². The topological polar surface area (TPSA) is 46.2 Å². The quantitative estimate of drug-likeness (QED) is 0.781. The first-order chi connectivity index (χ1) is 7.58. The van der Waals surface area contributed by atoms with Crippen LogP contribution in [0.3, 0.4) is 0 Å². The zero-order valence-electron chi connectivity index (χ0n) is 9.88. The van der Waals surface area contributed by atoms with E-state index in [9.17, 15) is 21.6 Å². The molecule has 0 fully saturated rings. The summed E-state index contributed by atoms with van der Waals surface area (Å²) in [5, 5.41) is 0. The summed E-state index contributed by atoms with van der Waals surface area (Å²) >= 11 is 0. The van der Waals surface area contributed by atoms with Gasteiger partial charge in [0.2, 0.25) is 0 Å². The third-order valence-electron chi connectivity index (χ3n) is 2.04. The molecule has 0 atom stereocenters. The number of allylic oxidation sites excluding steroid dienone is 2. The van der Waals surface area contributed by atoms with Crippen LogP contribution in [0, 0.1) is 5.41 Å². The van der Waals surface area contributed by atoms with Crippen molar-refractivity contribution in [3.05, 3.63) is 24.3 Å². The molecule has 0 aliphatic carbocycles. The molecular weight excluding hydrogens is 255 g/mol. The largest absolute Gasteiger partial charge is 0.511 e. The van der Waals surface area contributed by atoms with Crippen LogP contribution in [0.1, 0.15) is 20.8 Å². The second-order valence-electron chi connectivity index (χ2n) is 3.78. The molecule has 1 N–H and O–H groups in total. The summed E-state index contributed by atoms with van der Waals surface area (Å²) in [6.45, 7) is 4.70.